The monoisotopic (exact) mass is 297 g/mol. The normalized spacial score (nSPS) is 14.9. The lowest BCUT2D eigenvalue weighted by molar-refractivity contribution is -0.172. The molecule has 1 unspecified atom stereocenters. The number of halogens is 3. The van der Waals surface area contributed by atoms with Crippen molar-refractivity contribution in [2.75, 3.05) is 0 Å². The molecule has 1 aromatic carbocycles. The van der Waals surface area contributed by atoms with Crippen LogP contribution in [0.2, 0.25) is 0 Å². The molecule has 2 aromatic rings. The summed E-state index contributed by atoms with van der Waals surface area (Å²) in [4.78, 5) is 0. The molecule has 2 rings (SSSR count). The van der Waals surface area contributed by atoms with Gasteiger partial charge in [0, 0.05) is 17.8 Å². The van der Waals surface area contributed by atoms with E-state index in [0.29, 0.717) is 12.1 Å². The first kappa shape index (κ1) is 15.6. The van der Waals surface area contributed by atoms with Crippen LogP contribution in [-0.2, 0) is 6.54 Å². The van der Waals surface area contributed by atoms with Crippen LogP contribution in [0, 0.1) is 5.92 Å². The summed E-state index contributed by atoms with van der Waals surface area (Å²) in [6.45, 7) is 1.72. The number of alkyl halides is 3. The first-order valence-electron chi connectivity index (χ1n) is 6.75. The number of nitrogens with two attached hydrogens (primary N) is 1. The molecule has 1 aromatic heterocycles. The fraction of sp³-hybridized carbons (Fsp3) is 0.400. The Kier molecular flexibility index (Phi) is 4.67. The molecule has 0 amide bonds. The Morgan fingerprint density at radius 2 is 1.90 bits per heavy atom. The Labute approximate surface area is 121 Å². The molecular weight excluding hydrogens is 279 g/mol. The van der Waals surface area contributed by atoms with Crippen molar-refractivity contribution in [1.29, 1.82) is 0 Å². The van der Waals surface area contributed by atoms with Gasteiger partial charge >= 0.3 is 6.18 Å². The van der Waals surface area contributed by atoms with E-state index < -0.39 is 18.1 Å². The standard InChI is InChI=1S/C15H18F3N3/c1-11(15(16,17)18)7-14(19)13-8-20-21(10-13)9-12-5-3-2-4-6-12/h2-6,8,10-11,14H,7,9,19H2,1H3/t11?,14-/m0/s1. The van der Waals surface area contributed by atoms with Crippen LogP contribution in [0.25, 0.3) is 0 Å². The van der Waals surface area contributed by atoms with E-state index in [-0.39, 0.29) is 6.42 Å². The average Bonchev–Trinajstić information content (AvgIpc) is 2.87. The van der Waals surface area contributed by atoms with Gasteiger partial charge in [-0.3, -0.25) is 4.68 Å². The van der Waals surface area contributed by atoms with E-state index in [1.165, 1.54) is 6.20 Å². The second-order valence-electron chi connectivity index (χ2n) is 5.24. The molecule has 2 N–H and O–H groups in total. The summed E-state index contributed by atoms with van der Waals surface area (Å²) >= 11 is 0. The first-order chi connectivity index (χ1) is 9.86. The van der Waals surface area contributed by atoms with Gasteiger partial charge in [-0.05, 0) is 12.0 Å². The SMILES string of the molecule is CC(C[C@H](N)c1cnn(Cc2ccccc2)c1)C(F)(F)F. The van der Waals surface area contributed by atoms with Gasteiger partial charge in [0.2, 0.25) is 0 Å². The van der Waals surface area contributed by atoms with Crippen molar-refractivity contribution in [3.8, 4) is 0 Å². The third-order valence-electron chi connectivity index (χ3n) is 3.44. The Morgan fingerprint density at radius 1 is 1.24 bits per heavy atom. The molecule has 114 valence electrons. The highest BCUT2D eigenvalue weighted by Gasteiger charge is 2.36. The topological polar surface area (TPSA) is 43.8 Å². The summed E-state index contributed by atoms with van der Waals surface area (Å²) in [6, 6.07) is 9.05. The summed E-state index contributed by atoms with van der Waals surface area (Å²) in [7, 11) is 0. The molecule has 0 fully saturated rings. The van der Waals surface area contributed by atoms with Gasteiger partial charge in [-0.1, -0.05) is 37.3 Å². The maximum absolute atomic E-state index is 12.5. The molecule has 0 spiro atoms. The Balaban J connectivity index is 1.99. The highest BCUT2D eigenvalue weighted by Crippen LogP contribution is 2.32. The average molecular weight is 297 g/mol. The molecule has 2 atom stereocenters. The van der Waals surface area contributed by atoms with Crippen LogP contribution in [0.5, 0.6) is 0 Å². The lowest BCUT2D eigenvalue weighted by Gasteiger charge is -2.18. The van der Waals surface area contributed by atoms with Gasteiger partial charge in [-0.15, -0.1) is 0 Å². The predicted octanol–water partition coefficient (Wildman–Crippen LogP) is 3.52. The molecule has 21 heavy (non-hydrogen) atoms. The molecule has 6 heteroatoms. The summed E-state index contributed by atoms with van der Waals surface area (Å²) in [5.74, 6) is -1.43. The minimum absolute atomic E-state index is 0.138. The van der Waals surface area contributed by atoms with E-state index in [1.807, 2.05) is 30.3 Å². The van der Waals surface area contributed by atoms with Crippen LogP contribution in [0.4, 0.5) is 13.2 Å². The number of aromatic nitrogens is 2. The molecule has 0 radical (unpaired) electrons. The fourth-order valence-electron chi connectivity index (χ4n) is 2.08. The fourth-order valence-corrected chi connectivity index (χ4v) is 2.08. The van der Waals surface area contributed by atoms with Crippen molar-refractivity contribution in [1.82, 2.24) is 9.78 Å². The summed E-state index contributed by atoms with van der Waals surface area (Å²) in [5, 5.41) is 4.16. The van der Waals surface area contributed by atoms with Crippen molar-refractivity contribution in [2.45, 2.75) is 32.1 Å². The van der Waals surface area contributed by atoms with Crippen LogP contribution in [-0.4, -0.2) is 16.0 Å². The lowest BCUT2D eigenvalue weighted by atomic mass is 9.98. The highest BCUT2D eigenvalue weighted by molar-refractivity contribution is 5.16. The molecule has 3 nitrogen and oxygen atoms in total. The van der Waals surface area contributed by atoms with E-state index in [0.717, 1.165) is 12.5 Å². The van der Waals surface area contributed by atoms with Gasteiger partial charge in [0.1, 0.15) is 0 Å². The van der Waals surface area contributed by atoms with Crippen molar-refractivity contribution < 1.29 is 13.2 Å². The van der Waals surface area contributed by atoms with Crippen molar-refractivity contribution in [3.63, 3.8) is 0 Å². The highest BCUT2D eigenvalue weighted by atomic mass is 19.4. The molecule has 1 heterocycles. The second-order valence-corrected chi connectivity index (χ2v) is 5.24. The van der Waals surface area contributed by atoms with Crippen molar-refractivity contribution in [2.24, 2.45) is 11.7 Å². The van der Waals surface area contributed by atoms with Gasteiger partial charge in [-0.25, -0.2) is 0 Å². The zero-order valence-electron chi connectivity index (χ0n) is 11.7. The maximum atomic E-state index is 12.5. The Morgan fingerprint density at radius 3 is 2.52 bits per heavy atom. The quantitative estimate of drug-likeness (QED) is 0.917. The third kappa shape index (κ3) is 4.32. The van der Waals surface area contributed by atoms with Gasteiger partial charge in [-0.2, -0.15) is 18.3 Å². The number of nitrogens with zero attached hydrogens (tertiary/aromatic N) is 2. The minimum atomic E-state index is -4.21. The zero-order valence-corrected chi connectivity index (χ0v) is 11.7. The van der Waals surface area contributed by atoms with E-state index in [1.54, 1.807) is 10.9 Å². The second kappa shape index (κ2) is 6.30. The molecule has 0 aliphatic heterocycles. The van der Waals surface area contributed by atoms with Crippen LogP contribution < -0.4 is 5.73 Å². The van der Waals surface area contributed by atoms with Crippen LogP contribution in [0.1, 0.15) is 30.5 Å². The van der Waals surface area contributed by atoms with Gasteiger partial charge in [0.05, 0.1) is 18.7 Å². The van der Waals surface area contributed by atoms with Crippen LogP contribution in [0.3, 0.4) is 0 Å². The number of hydrogen-bond donors (Lipinski definition) is 1. The van der Waals surface area contributed by atoms with Crippen LogP contribution in [0.15, 0.2) is 42.7 Å². The molecule has 0 saturated heterocycles. The smallest absolute Gasteiger partial charge is 0.324 e. The first-order valence-corrected chi connectivity index (χ1v) is 6.75. The third-order valence-corrected chi connectivity index (χ3v) is 3.44. The molecule has 0 aliphatic rings. The number of benzene rings is 1. The lowest BCUT2D eigenvalue weighted by Crippen LogP contribution is -2.24. The van der Waals surface area contributed by atoms with Crippen LogP contribution >= 0.6 is 0 Å². The van der Waals surface area contributed by atoms with E-state index in [9.17, 15) is 13.2 Å². The van der Waals surface area contributed by atoms with Crippen molar-refractivity contribution in [3.05, 3.63) is 53.9 Å². The van der Waals surface area contributed by atoms with E-state index in [2.05, 4.69) is 5.10 Å². The number of hydrogen-bond acceptors (Lipinski definition) is 2. The molecule has 0 saturated carbocycles. The summed E-state index contributed by atoms with van der Waals surface area (Å²) in [6.07, 6.45) is -1.10. The molecule has 0 bridgehead atoms. The van der Waals surface area contributed by atoms with Crippen molar-refractivity contribution >= 4 is 0 Å². The van der Waals surface area contributed by atoms with E-state index in [4.69, 9.17) is 5.73 Å². The Hall–Kier alpha value is -1.82. The molecule has 0 aliphatic carbocycles. The summed E-state index contributed by atoms with van der Waals surface area (Å²) in [5.41, 5.74) is 7.55. The zero-order chi connectivity index (χ0) is 15.5. The summed E-state index contributed by atoms with van der Waals surface area (Å²) < 4.78 is 39.3. The number of rotatable bonds is 5. The maximum Gasteiger partial charge on any atom is 0.391 e. The van der Waals surface area contributed by atoms with Gasteiger partial charge in [0.15, 0.2) is 0 Å². The van der Waals surface area contributed by atoms with E-state index >= 15 is 0 Å². The molecular formula is C15H18F3N3. The Bertz CT molecular complexity index is 563. The van der Waals surface area contributed by atoms with Gasteiger partial charge < -0.3 is 5.73 Å². The van der Waals surface area contributed by atoms with Gasteiger partial charge in [0.25, 0.3) is 0 Å². The predicted molar refractivity (Wildman–Crippen MR) is 74.5 cm³/mol. The minimum Gasteiger partial charge on any atom is -0.324 e. The largest absolute Gasteiger partial charge is 0.391 e.